The molecule has 186 valence electrons. The lowest BCUT2D eigenvalue weighted by Gasteiger charge is -2.13. The Morgan fingerprint density at radius 3 is 2.65 bits per heavy atom. The van der Waals surface area contributed by atoms with Crippen LogP contribution in [0.15, 0.2) is 95.3 Å². The van der Waals surface area contributed by atoms with Crippen molar-refractivity contribution in [1.82, 2.24) is 25.2 Å². The van der Waals surface area contributed by atoms with Gasteiger partial charge in [0.1, 0.15) is 0 Å². The van der Waals surface area contributed by atoms with E-state index in [9.17, 15) is 4.79 Å². The van der Waals surface area contributed by atoms with Crippen LogP contribution in [-0.2, 0) is 11.3 Å². The number of carbonyl (C=O) groups is 1. The number of carbonyl (C=O) groups excluding carboxylic acids is 1. The number of rotatable bonds is 9. The van der Waals surface area contributed by atoms with Crippen LogP contribution in [-0.4, -0.2) is 37.1 Å². The number of H-pyrrole nitrogens is 1. The smallest absolute Gasteiger partial charge is 0.253 e. The van der Waals surface area contributed by atoms with Crippen molar-refractivity contribution >= 4 is 52.1 Å². The molecule has 0 unspecified atom stereocenters. The van der Waals surface area contributed by atoms with Crippen LogP contribution in [0.1, 0.15) is 18.3 Å². The minimum atomic E-state index is -0.455. The molecule has 0 radical (unpaired) electrons. The Morgan fingerprint density at radius 1 is 1.08 bits per heavy atom. The summed E-state index contributed by atoms with van der Waals surface area (Å²) in [6.07, 6.45) is 3.50. The number of nitrogens with zero attached hydrogens (tertiary/aromatic N) is 4. The number of benzene rings is 3. The van der Waals surface area contributed by atoms with Gasteiger partial charge in [-0.1, -0.05) is 59.8 Å². The van der Waals surface area contributed by atoms with E-state index in [0.717, 1.165) is 27.8 Å². The van der Waals surface area contributed by atoms with E-state index >= 15 is 0 Å². The van der Waals surface area contributed by atoms with Crippen LogP contribution in [0.25, 0.3) is 16.6 Å². The summed E-state index contributed by atoms with van der Waals surface area (Å²) >= 11 is 7.31. The van der Waals surface area contributed by atoms with E-state index in [2.05, 4.69) is 31.0 Å². The number of halogens is 1. The lowest BCUT2D eigenvalue weighted by molar-refractivity contribution is -0.120. The average Bonchev–Trinajstić information content (AvgIpc) is 3.52. The molecule has 3 N–H and O–H groups in total. The maximum atomic E-state index is 12.8. The van der Waals surface area contributed by atoms with Gasteiger partial charge in [-0.3, -0.25) is 9.36 Å². The quantitative estimate of drug-likeness (QED) is 0.130. The molecule has 8 nitrogen and oxygen atoms in total. The third-order valence-electron chi connectivity index (χ3n) is 5.66. The number of para-hydroxylation sites is 2. The zero-order chi connectivity index (χ0) is 25.6. The molecule has 10 heteroatoms. The van der Waals surface area contributed by atoms with Crippen molar-refractivity contribution in [3.63, 3.8) is 0 Å². The number of anilines is 1. The fourth-order valence-electron chi connectivity index (χ4n) is 3.75. The second-order valence-electron chi connectivity index (χ2n) is 8.21. The number of aromatic nitrogens is 4. The summed E-state index contributed by atoms with van der Waals surface area (Å²) in [5, 5.41) is 18.2. The van der Waals surface area contributed by atoms with Crippen molar-refractivity contribution in [3.8, 4) is 5.69 Å². The highest BCUT2D eigenvalue weighted by Gasteiger charge is 2.21. The number of hydrazone groups is 1. The monoisotopic (exact) mass is 529 g/mol. The predicted octanol–water partition coefficient (Wildman–Crippen LogP) is 5.65. The topological polar surface area (TPSA) is 100.0 Å². The summed E-state index contributed by atoms with van der Waals surface area (Å²) in [5.41, 5.74) is 6.38. The van der Waals surface area contributed by atoms with E-state index in [1.807, 2.05) is 96.6 Å². The number of hydrogen-bond acceptors (Lipinski definition) is 6. The minimum Gasteiger partial charge on any atom is -0.378 e. The van der Waals surface area contributed by atoms with Crippen LogP contribution < -0.4 is 10.7 Å². The molecule has 5 rings (SSSR count). The predicted molar refractivity (Wildman–Crippen MR) is 149 cm³/mol. The molecule has 0 fully saturated rings. The lowest BCUT2D eigenvalue weighted by atomic mass is 10.2. The Kier molecular flexibility index (Phi) is 7.53. The van der Waals surface area contributed by atoms with Crippen LogP contribution in [0.4, 0.5) is 5.69 Å². The third-order valence-corrected chi connectivity index (χ3v) is 6.96. The van der Waals surface area contributed by atoms with E-state index in [0.29, 0.717) is 22.5 Å². The first-order valence-electron chi connectivity index (χ1n) is 11.6. The first kappa shape index (κ1) is 24.6. The summed E-state index contributed by atoms with van der Waals surface area (Å²) in [7, 11) is 0. The fraction of sp³-hybridized carbons (Fsp3) is 0.111. The zero-order valence-corrected chi connectivity index (χ0v) is 21.5. The summed E-state index contributed by atoms with van der Waals surface area (Å²) < 4.78 is 1.95. The Labute approximate surface area is 223 Å². The minimum absolute atomic E-state index is 0.232. The standard InChI is InChI=1S/C27H24ClN7OS/c1-18(26(36)33-31-16-19-15-30-24-10-6-5-9-23(19)24)37-27-34-32-25(35(27)22-7-3-2-4-8-22)17-29-21-13-11-20(28)12-14-21/h2-16,18,29-30H,17H2,1H3,(H,33,36)/b31-16-/t18-/m0/s1. The number of amides is 1. The van der Waals surface area contributed by atoms with E-state index in [1.54, 1.807) is 6.21 Å². The maximum Gasteiger partial charge on any atom is 0.253 e. The Balaban J connectivity index is 1.29. The number of thioether (sulfide) groups is 1. The molecule has 0 aliphatic heterocycles. The molecule has 0 bridgehead atoms. The molecule has 1 atom stereocenters. The van der Waals surface area contributed by atoms with Gasteiger partial charge in [0.05, 0.1) is 18.0 Å². The Hall–Kier alpha value is -4.08. The van der Waals surface area contributed by atoms with Crippen molar-refractivity contribution in [1.29, 1.82) is 0 Å². The van der Waals surface area contributed by atoms with Gasteiger partial charge in [-0.15, -0.1) is 10.2 Å². The summed E-state index contributed by atoms with van der Waals surface area (Å²) in [5.74, 6) is 0.484. The van der Waals surface area contributed by atoms with Gasteiger partial charge in [-0.05, 0) is 49.4 Å². The highest BCUT2D eigenvalue weighted by molar-refractivity contribution is 8.00. The van der Waals surface area contributed by atoms with E-state index in [4.69, 9.17) is 11.6 Å². The van der Waals surface area contributed by atoms with Crippen LogP contribution in [0.5, 0.6) is 0 Å². The van der Waals surface area contributed by atoms with Crippen LogP contribution >= 0.6 is 23.4 Å². The molecular formula is C27H24ClN7OS. The highest BCUT2D eigenvalue weighted by atomic mass is 35.5. The number of fused-ring (bicyclic) bond motifs is 1. The third kappa shape index (κ3) is 5.84. The number of nitrogens with one attached hydrogen (secondary N) is 3. The second kappa shape index (κ2) is 11.3. The lowest BCUT2D eigenvalue weighted by Crippen LogP contribution is -2.27. The molecular weight excluding hydrogens is 506 g/mol. The molecule has 0 aliphatic carbocycles. The first-order valence-corrected chi connectivity index (χ1v) is 12.9. The van der Waals surface area contributed by atoms with Crippen molar-refractivity contribution in [2.45, 2.75) is 23.9 Å². The average molecular weight is 530 g/mol. The van der Waals surface area contributed by atoms with Crippen molar-refractivity contribution in [3.05, 3.63) is 101 Å². The summed E-state index contributed by atoms with van der Waals surface area (Å²) in [6.45, 7) is 2.26. The summed E-state index contributed by atoms with van der Waals surface area (Å²) in [6, 6.07) is 25.2. The maximum absolute atomic E-state index is 12.8. The molecule has 1 amide bonds. The first-order chi connectivity index (χ1) is 18.1. The molecule has 5 aromatic rings. The number of hydrogen-bond donors (Lipinski definition) is 3. The summed E-state index contributed by atoms with van der Waals surface area (Å²) in [4.78, 5) is 16.0. The second-order valence-corrected chi connectivity index (χ2v) is 9.96. The van der Waals surface area contributed by atoms with Crippen LogP contribution in [0, 0.1) is 0 Å². The van der Waals surface area contributed by atoms with E-state index in [-0.39, 0.29) is 5.91 Å². The van der Waals surface area contributed by atoms with Crippen molar-refractivity contribution in [2.75, 3.05) is 5.32 Å². The fourth-order valence-corrected chi connectivity index (χ4v) is 4.75. The largest absolute Gasteiger partial charge is 0.378 e. The van der Waals surface area contributed by atoms with Gasteiger partial charge in [0.25, 0.3) is 5.91 Å². The van der Waals surface area contributed by atoms with Crippen LogP contribution in [0.3, 0.4) is 0 Å². The van der Waals surface area contributed by atoms with Gasteiger partial charge in [0, 0.05) is 39.1 Å². The molecule has 2 aromatic heterocycles. The molecule has 0 aliphatic rings. The normalized spacial score (nSPS) is 12.2. The molecule has 3 aromatic carbocycles. The Bertz CT molecular complexity index is 1530. The van der Waals surface area contributed by atoms with E-state index in [1.165, 1.54) is 11.8 Å². The molecule has 2 heterocycles. The molecule has 0 saturated heterocycles. The Morgan fingerprint density at radius 2 is 1.84 bits per heavy atom. The van der Waals surface area contributed by atoms with Gasteiger partial charge in [-0.2, -0.15) is 5.10 Å². The molecule has 0 saturated carbocycles. The number of aromatic amines is 1. The SMILES string of the molecule is C[C@H](Sc1nnc(CNc2ccc(Cl)cc2)n1-c1ccccc1)C(=O)N/N=C\c1c[nH]c2ccccc12. The molecule has 37 heavy (non-hydrogen) atoms. The van der Waals surface area contributed by atoms with Gasteiger partial charge < -0.3 is 10.3 Å². The van der Waals surface area contributed by atoms with Gasteiger partial charge >= 0.3 is 0 Å². The van der Waals surface area contributed by atoms with Gasteiger partial charge in [0.2, 0.25) is 0 Å². The highest BCUT2D eigenvalue weighted by Crippen LogP contribution is 2.26. The van der Waals surface area contributed by atoms with E-state index < -0.39 is 5.25 Å². The van der Waals surface area contributed by atoms with Crippen molar-refractivity contribution in [2.24, 2.45) is 5.10 Å². The van der Waals surface area contributed by atoms with Gasteiger partial charge in [0.15, 0.2) is 11.0 Å². The zero-order valence-electron chi connectivity index (χ0n) is 19.9. The van der Waals surface area contributed by atoms with Crippen molar-refractivity contribution < 1.29 is 4.79 Å². The van der Waals surface area contributed by atoms with Gasteiger partial charge in [-0.25, -0.2) is 5.43 Å². The van der Waals surface area contributed by atoms with Crippen LogP contribution in [0.2, 0.25) is 5.02 Å². The molecule has 0 spiro atoms.